The number of likely N-dealkylation sites (tertiary alicyclic amines) is 1. The van der Waals surface area contributed by atoms with Gasteiger partial charge in [0.05, 0.1) is 18.4 Å². The van der Waals surface area contributed by atoms with Gasteiger partial charge < -0.3 is 14.9 Å². The minimum Gasteiger partial charge on any atom is -0.481 e. The molecule has 1 aliphatic heterocycles. The van der Waals surface area contributed by atoms with Crippen molar-refractivity contribution in [2.24, 2.45) is 5.92 Å². The highest BCUT2D eigenvalue weighted by Crippen LogP contribution is 2.29. The molecule has 1 saturated carbocycles. The van der Waals surface area contributed by atoms with Crippen LogP contribution in [0.25, 0.3) is 0 Å². The van der Waals surface area contributed by atoms with Crippen molar-refractivity contribution >= 4 is 12.0 Å². The summed E-state index contributed by atoms with van der Waals surface area (Å²) >= 11 is 0. The van der Waals surface area contributed by atoms with Crippen molar-refractivity contribution in [3.8, 4) is 6.07 Å². The average Bonchev–Trinajstić information content (AvgIpc) is 3.23. The van der Waals surface area contributed by atoms with E-state index < -0.39 is 11.9 Å². The standard InChI is InChI=1S/C13H19N3O3/c14-6-2-8-16(11-4-5-11)13(19)15-7-1-3-10(9-15)12(17)18/h10-11H,1-5,7-9H2,(H,17,18)/t10-/m1/s1. The third-order valence-electron chi connectivity index (χ3n) is 3.74. The molecule has 0 radical (unpaired) electrons. The maximum atomic E-state index is 12.4. The van der Waals surface area contributed by atoms with Crippen molar-refractivity contribution in [1.29, 1.82) is 5.26 Å². The van der Waals surface area contributed by atoms with E-state index in [1.807, 2.05) is 0 Å². The second-order valence-electron chi connectivity index (χ2n) is 5.24. The van der Waals surface area contributed by atoms with E-state index in [-0.39, 0.29) is 12.1 Å². The van der Waals surface area contributed by atoms with Gasteiger partial charge in [-0.25, -0.2) is 4.79 Å². The smallest absolute Gasteiger partial charge is 0.320 e. The SMILES string of the molecule is N#CCCN(C(=O)N1CCC[C@@H](C(=O)O)C1)C1CC1. The number of nitriles is 1. The topological polar surface area (TPSA) is 84.6 Å². The van der Waals surface area contributed by atoms with E-state index in [0.717, 1.165) is 19.3 Å². The zero-order valence-electron chi connectivity index (χ0n) is 10.9. The Balaban J connectivity index is 1.96. The quantitative estimate of drug-likeness (QED) is 0.829. The van der Waals surface area contributed by atoms with E-state index in [0.29, 0.717) is 32.5 Å². The number of hydrogen-bond donors (Lipinski definition) is 1. The highest BCUT2D eigenvalue weighted by atomic mass is 16.4. The second kappa shape index (κ2) is 5.91. The number of amides is 2. The monoisotopic (exact) mass is 265 g/mol. The van der Waals surface area contributed by atoms with E-state index in [1.54, 1.807) is 9.80 Å². The number of carboxylic acids is 1. The number of rotatable bonds is 4. The van der Waals surface area contributed by atoms with Gasteiger partial charge >= 0.3 is 12.0 Å². The van der Waals surface area contributed by atoms with Crippen LogP contribution < -0.4 is 0 Å². The fourth-order valence-electron chi connectivity index (χ4n) is 2.53. The molecule has 2 aliphatic rings. The summed E-state index contributed by atoms with van der Waals surface area (Å²) in [5.41, 5.74) is 0. The number of aliphatic carboxylic acids is 1. The van der Waals surface area contributed by atoms with Crippen LogP contribution in [0.1, 0.15) is 32.1 Å². The molecule has 6 heteroatoms. The van der Waals surface area contributed by atoms with E-state index in [1.165, 1.54) is 0 Å². The largest absolute Gasteiger partial charge is 0.481 e. The van der Waals surface area contributed by atoms with Crippen molar-refractivity contribution < 1.29 is 14.7 Å². The predicted molar refractivity (Wildman–Crippen MR) is 67.3 cm³/mol. The number of nitrogens with zero attached hydrogens (tertiary/aromatic N) is 3. The summed E-state index contributed by atoms with van der Waals surface area (Å²) in [6.07, 6.45) is 3.69. The first-order valence-electron chi connectivity index (χ1n) is 6.78. The molecule has 6 nitrogen and oxygen atoms in total. The molecule has 0 aromatic carbocycles. The van der Waals surface area contributed by atoms with Gasteiger partial charge in [-0.15, -0.1) is 0 Å². The van der Waals surface area contributed by atoms with Crippen LogP contribution >= 0.6 is 0 Å². The van der Waals surface area contributed by atoms with Crippen LogP contribution in [-0.4, -0.2) is 52.6 Å². The normalized spacial score (nSPS) is 22.7. The lowest BCUT2D eigenvalue weighted by Crippen LogP contribution is -2.49. The molecule has 104 valence electrons. The van der Waals surface area contributed by atoms with Crippen molar-refractivity contribution in [2.45, 2.75) is 38.1 Å². The van der Waals surface area contributed by atoms with Crippen LogP contribution in [0.3, 0.4) is 0 Å². The maximum absolute atomic E-state index is 12.4. The molecule has 1 heterocycles. The van der Waals surface area contributed by atoms with E-state index >= 15 is 0 Å². The molecule has 19 heavy (non-hydrogen) atoms. The van der Waals surface area contributed by atoms with E-state index in [9.17, 15) is 9.59 Å². The van der Waals surface area contributed by atoms with Crippen molar-refractivity contribution in [3.05, 3.63) is 0 Å². The minimum atomic E-state index is -0.826. The number of urea groups is 1. The Hall–Kier alpha value is -1.77. The highest BCUT2D eigenvalue weighted by Gasteiger charge is 2.36. The van der Waals surface area contributed by atoms with Gasteiger partial charge in [0.25, 0.3) is 0 Å². The van der Waals surface area contributed by atoms with Crippen LogP contribution in [0.4, 0.5) is 4.79 Å². The van der Waals surface area contributed by atoms with Gasteiger partial charge in [0.15, 0.2) is 0 Å². The second-order valence-corrected chi connectivity index (χ2v) is 5.24. The Morgan fingerprint density at radius 3 is 2.68 bits per heavy atom. The van der Waals surface area contributed by atoms with Crippen LogP contribution in [0, 0.1) is 17.2 Å². The number of carbonyl (C=O) groups is 2. The third-order valence-corrected chi connectivity index (χ3v) is 3.74. The van der Waals surface area contributed by atoms with Gasteiger partial charge in [-0.1, -0.05) is 0 Å². The van der Waals surface area contributed by atoms with Crippen molar-refractivity contribution in [3.63, 3.8) is 0 Å². The number of carboxylic acid groups (broad SMARTS) is 1. The first kappa shape index (κ1) is 13.7. The molecular formula is C13H19N3O3. The molecule has 2 fully saturated rings. The summed E-state index contributed by atoms with van der Waals surface area (Å²) in [6, 6.07) is 2.22. The number of hydrogen-bond acceptors (Lipinski definition) is 3. The number of piperidine rings is 1. The summed E-state index contributed by atoms with van der Waals surface area (Å²) in [5.74, 6) is -1.28. The molecule has 0 unspecified atom stereocenters. The Bertz CT molecular complexity index is 400. The van der Waals surface area contributed by atoms with Gasteiger partial charge in [-0.3, -0.25) is 4.79 Å². The van der Waals surface area contributed by atoms with Crippen molar-refractivity contribution in [1.82, 2.24) is 9.80 Å². The first-order chi connectivity index (χ1) is 9.13. The molecule has 1 saturated heterocycles. The Labute approximate surface area is 112 Å². The zero-order valence-corrected chi connectivity index (χ0v) is 10.9. The van der Waals surface area contributed by atoms with Crippen LogP contribution in [-0.2, 0) is 4.79 Å². The molecule has 1 atom stereocenters. The van der Waals surface area contributed by atoms with Crippen LogP contribution in [0.5, 0.6) is 0 Å². The summed E-state index contributed by atoms with van der Waals surface area (Å²) in [5, 5.41) is 17.7. The Morgan fingerprint density at radius 2 is 2.11 bits per heavy atom. The Kier molecular flexibility index (Phi) is 4.25. The lowest BCUT2D eigenvalue weighted by atomic mass is 9.98. The highest BCUT2D eigenvalue weighted by molar-refractivity contribution is 5.77. The molecule has 0 spiro atoms. The van der Waals surface area contributed by atoms with Gasteiger partial charge in [0, 0.05) is 25.7 Å². The summed E-state index contributed by atoms with van der Waals surface area (Å²) in [7, 11) is 0. The van der Waals surface area contributed by atoms with E-state index in [2.05, 4.69) is 6.07 Å². The van der Waals surface area contributed by atoms with Gasteiger partial charge in [0.2, 0.25) is 0 Å². The minimum absolute atomic E-state index is 0.0938. The molecule has 0 aromatic rings. The molecule has 0 aromatic heterocycles. The van der Waals surface area contributed by atoms with Gasteiger partial charge in [0.1, 0.15) is 0 Å². The fraction of sp³-hybridized carbons (Fsp3) is 0.769. The molecule has 1 aliphatic carbocycles. The first-order valence-corrected chi connectivity index (χ1v) is 6.78. The molecule has 1 N–H and O–H groups in total. The van der Waals surface area contributed by atoms with Crippen LogP contribution in [0.15, 0.2) is 0 Å². The van der Waals surface area contributed by atoms with Gasteiger partial charge in [-0.2, -0.15) is 5.26 Å². The van der Waals surface area contributed by atoms with Crippen LogP contribution in [0.2, 0.25) is 0 Å². The maximum Gasteiger partial charge on any atom is 0.320 e. The molecule has 0 bridgehead atoms. The molecular weight excluding hydrogens is 246 g/mol. The lowest BCUT2D eigenvalue weighted by Gasteiger charge is -2.35. The summed E-state index contributed by atoms with van der Waals surface area (Å²) < 4.78 is 0. The van der Waals surface area contributed by atoms with Gasteiger partial charge in [-0.05, 0) is 25.7 Å². The summed E-state index contributed by atoms with van der Waals surface area (Å²) in [4.78, 5) is 26.8. The molecule has 2 rings (SSSR count). The molecule has 2 amide bonds. The van der Waals surface area contributed by atoms with Crippen molar-refractivity contribution in [2.75, 3.05) is 19.6 Å². The predicted octanol–water partition coefficient (Wildman–Crippen LogP) is 1.28. The fourth-order valence-corrected chi connectivity index (χ4v) is 2.53. The Morgan fingerprint density at radius 1 is 1.37 bits per heavy atom. The van der Waals surface area contributed by atoms with E-state index in [4.69, 9.17) is 10.4 Å². The summed E-state index contributed by atoms with van der Waals surface area (Å²) in [6.45, 7) is 1.37. The number of carbonyl (C=O) groups excluding carboxylic acids is 1. The third kappa shape index (κ3) is 3.37. The zero-order chi connectivity index (χ0) is 13.8. The average molecular weight is 265 g/mol. The lowest BCUT2D eigenvalue weighted by molar-refractivity contribution is -0.143.